The second-order valence-corrected chi connectivity index (χ2v) is 3.25. The molecule has 0 aliphatic carbocycles. The number of terminal acetylenes is 1. The van der Waals surface area contributed by atoms with Crippen LogP contribution in [0.1, 0.15) is 10.4 Å². The second-order valence-electron chi connectivity index (χ2n) is 3.25. The summed E-state index contributed by atoms with van der Waals surface area (Å²) in [6.07, 6.45) is 5.19. The van der Waals surface area contributed by atoms with Gasteiger partial charge in [0.05, 0.1) is 24.9 Å². The van der Waals surface area contributed by atoms with Crippen LogP contribution in [0.25, 0.3) is 0 Å². The lowest BCUT2D eigenvalue weighted by Gasteiger charge is -2.19. The molecule has 16 heavy (non-hydrogen) atoms. The van der Waals surface area contributed by atoms with Crippen molar-refractivity contribution < 1.29 is 14.6 Å². The van der Waals surface area contributed by atoms with Gasteiger partial charge in [0.1, 0.15) is 5.75 Å². The predicted molar refractivity (Wildman–Crippen MR) is 62.1 cm³/mol. The Bertz CT molecular complexity index is 434. The van der Waals surface area contributed by atoms with Gasteiger partial charge in [0.15, 0.2) is 0 Å². The summed E-state index contributed by atoms with van der Waals surface area (Å²) in [6.45, 7) is 0.341. The van der Waals surface area contributed by atoms with Crippen LogP contribution in [0.4, 0.5) is 5.69 Å². The molecule has 4 heteroatoms. The molecule has 0 aliphatic heterocycles. The van der Waals surface area contributed by atoms with Crippen LogP contribution in [-0.2, 0) is 0 Å². The molecule has 0 radical (unpaired) electrons. The molecule has 0 aliphatic rings. The average molecular weight is 219 g/mol. The number of rotatable bonds is 4. The molecule has 0 bridgehead atoms. The summed E-state index contributed by atoms with van der Waals surface area (Å²) in [5.41, 5.74) is 0.753. The number of anilines is 1. The molecule has 0 unspecified atom stereocenters. The lowest BCUT2D eigenvalue weighted by molar-refractivity contribution is 0.0697. The molecule has 1 aromatic rings. The Morgan fingerprint density at radius 3 is 2.81 bits per heavy atom. The van der Waals surface area contributed by atoms with Crippen molar-refractivity contribution in [1.29, 1.82) is 0 Å². The monoisotopic (exact) mass is 219 g/mol. The van der Waals surface area contributed by atoms with E-state index in [1.165, 1.54) is 13.2 Å². The van der Waals surface area contributed by atoms with Gasteiger partial charge in [-0.05, 0) is 12.1 Å². The third-order valence-electron chi connectivity index (χ3n) is 2.18. The third kappa shape index (κ3) is 2.45. The number of hydrogen-bond acceptors (Lipinski definition) is 3. The van der Waals surface area contributed by atoms with E-state index in [1.807, 2.05) is 0 Å². The highest BCUT2D eigenvalue weighted by Crippen LogP contribution is 2.25. The van der Waals surface area contributed by atoms with Crippen LogP contribution < -0.4 is 9.64 Å². The van der Waals surface area contributed by atoms with E-state index in [2.05, 4.69) is 5.92 Å². The Hall–Kier alpha value is -2.15. The zero-order chi connectivity index (χ0) is 12.1. The van der Waals surface area contributed by atoms with Crippen LogP contribution >= 0.6 is 0 Å². The van der Waals surface area contributed by atoms with Crippen LogP contribution in [0.2, 0.25) is 0 Å². The summed E-state index contributed by atoms with van der Waals surface area (Å²) >= 11 is 0. The minimum atomic E-state index is -0.985. The first-order valence-corrected chi connectivity index (χ1v) is 4.66. The van der Waals surface area contributed by atoms with Gasteiger partial charge in [0, 0.05) is 13.1 Å². The number of benzene rings is 1. The summed E-state index contributed by atoms with van der Waals surface area (Å²) in [4.78, 5) is 12.7. The SMILES string of the molecule is C#CCN(C)c1cc(OC)ccc1C(=O)O. The molecule has 1 rings (SSSR count). The highest BCUT2D eigenvalue weighted by Gasteiger charge is 2.13. The molecule has 0 saturated carbocycles. The van der Waals surface area contributed by atoms with Crippen molar-refractivity contribution in [3.8, 4) is 18.1 Å². The third-order valence-corrected chi connectivity index (χ3v) is 2.18. The fourth-order valence-electron chi connectivity index (χ4n) is 1.36. The van der Waals surface area contributed by atoms with Crippen molar-refractivity contribution >= 4 is 11.7 Å². The number of methoxy groups -OCH3 is 1. The number of hydrogen-bond donors (Lipinski definition) is 1. The van der Waals surface area contributed by atoms with Gasteiger partial charge in [-0.1, -0.05) is 5.92 Å². The van der Waals surface area contributed by atoms with E-state index in [1.54, 1.807) is 24.1 Å². The molecule has 0 aromatic heterocycles. The maximum atomic E-state index is 11.0. The van der Waals surface area contributed by atoms with Crippen molar-refractivity contribution in [2.24, 2.45) is 0 Å². The molecular weight excluding hydrogens is 206 g/mol. The molecule has 0 amide bonds. The van der Waals surface area contributed by atoms with Crippen LogP contribution in [0, 0.1) is 12.3 Å². The molecule has 4 nitrogen and oxygen atoms in total. The highest BCUT2D eigenvalue weighted by atomic mass is 16.5. The van der Waals surface area contributed by atoms with Crippen molar-refractivity contribution in [1.82, 2.24) is 0 Å². The quantitative estimate of drug-likeness (QED) is 0.779. The predicted octanol–water partition coefficient (Wildman–Crippen LogP) is 1.46. The molecule has 0 fully saturated rings. The van der Waals surface area contributed by atoms with Gasteiger partial charge in [-0.15, -0.1) is 6.42 Å². The van der Waals surface area contributed by atoms with Gasteiger partial charge in [-0.3, -0.25) is 0 Å². The van der Waals surface area contributed by atoms with Crippen molar-refractivity contribution in [2.75, 3.05) is 25.6 Å². The summed E-state index contributed by atoms with van der Waals surface area (Å²) in [7, 11) is 3.27. The normalized spacial score (nSPS) is 9.31. The zero-order valence-corrected chi connectivity index (χ0v) is 9.23. The lowest BCUT2D eigenvalue weighted by atomic mass is 10.1. The molecule has 0 atom stereocenters. The van der Waals surface area contributed by atoms with E-state index in [9.17, 15) is 4.79 Å². The largest absolute Gasteiger partial charge is 0.497 e. The fourth-order valence-corrected chi connectivity index (χ4v) is 1.36. The Kier molecular flexibility index (Phi) is 3.78. The van der Waals surface area contributed by atoms with Gasteiger partial charge in [0.25, 0.3) is 0 Å². The van der Waals surface area contributed by atoms with Gasteiger partial charge in [-0.2, -0.15) is 0 Å². The van der Waals surface area contributed by atoms with Gasteiger partial charge < -0.3 is 14.7 Å². The maximum Gasteiger partial charge on any atom is 0.337 e. The molecule has 0 heterocycles. The number of carbonyl (C=O) groups is 1. The van der Waals surface area contributed by atoms with Gasteiger partial charge in [-0.25, -0.2) is 4.79 Å². The molecule has 1 aromatic carbocycles. The van der Waals surface area contributed by atoms with Crippen LogP contribution in [0.5, 0.6) is 5.75 Å². The number of carboxylic acids is 1. The molecular formula is C12H13NO3. The standard InChI is InChI=1S/C12H13NO3/c1-4-7-13(2)11-8-9(16-3)5-6-10(11)12(14)15/h1,5-6,8H,7H2,2-3H3,(H,14,15). The van der Waals surface area contributed by atoms with Crippen LogP contribution in [0.15, 0.2) is 18.2 Å². The maximum absolute atomic E-state index is 11.0. The highest BCUT2D eigenvalue weighted by molar-refractivity contribution is 5.94. The average Bonchev–Trinajstić information content (AvgIpc) is 2.28. The molecule has 84 valence electrons. The van der Waals surface area contributed by atoms with Crippen molar-refractivity contribution in [3.05, 3.63) is 23.8 Å². The molecule has 0 spiro atoms. The first kappa shape index (κ1) is 11.9. The number of ether oxygens (including phenoxy) is 1. The second kappa shape index (κ2) is 5.08. The summed E-state index contributed by atoms with van der Waals surface area (Å²) < 4.78 is 5.05. The van der Waals surface area contributed by atoms with E-state index in [4.69, 9.17) is 16.3 Å². The lowest BCUT2D eigenvalue weighted by Crippen LogP contribution is -2.20. The Balaban J connectivity index is 3.20. The summed E-state index contributed by atoms with van der Waals surface area (Å²) in [5, 5.41) is 9.03. The topological polar surface area (TPSA) is 49.8 Å². The number of aromatic carboxylic acids is 1. The Morgan fingerprint density at radius 2 is 2.31 bits per heavy atom. The van der Waals surface area contributed by atoms with E-state index >= 15 is 0 Å². The van der Waals surface area contributed by atoms with E-state index in [0.717, 1.165) is 0 Å². The van der Waals surface area contributed by atoms with Gasteiger partial charge in [0.2, 0.25) is 0 Å². The first-order chi connectivity index (χ1) is 7.60. The Labute approximate surface area is 94.4 Å². The summed E-state index contributed by atoms with van der Waals surface area (Å²) in [5.74, 6) is 2.08. The molecule has 0 saturated heterocycles. The minimum Gasteiger partial charge on any atom is -0.497 e. The van der Waals surface area contributed by atoms with E-state index in [-0.39, 0.29) is 5.56 Å². The van der Waals surface area contributed by atoms with Crippen molar-refractivity contribution in [2.45, 2.75) is 0 Å². The molecule has 1 N–H and O–H groups in total. The Morgan fingerprint density at radius 1 is 1.62 bits per heavy atom. The minimum absolute atomic E-state index is 0.207. The van der Waals surface area contributed by atoms with Crippen molar-refractivity contribution in [3.63, 3.8) is 0 Å². The fraction of sp³-hybridized carbons (Fsp3) is 0.250. The van der Waals surface area contributed by atoms with Crippen LogP contribution in [-0.4, -0.2) is 31.8 Å². The number of nitrogens with zero attached hydrogens (tertiary/aromatic N) is 1. The first-order valence-electron chi connectivity index (χ1n) is 4.66. The van der Waals surface area contributed by atoms with Crippen LogP contribution in [0.3, 0.4) is 0 Å². The number of carboxylic acid groups (broad SMARTS) is 1. The summed E-state index contributed by atoms with van der Waals surface area (Å²) in [6, 6.07) is 4.76. The smallest absolute Gasteiger partial charge is 0.337 e. The van der Waals surface area contributed by atoms with E-state index in [0.29, 0.717) is 18.0 Å². The van der Waals surface area contributed by atoms with E-state index < -0.39 is 5.97 Å². The zero-order valence-electron chi connectivity index (χ0n) is 9.23. The van der Waals surface area contributed by atoms with Gasteiger partial charge >= 0.3 is 5.97 Å².